The van der Waals surface area contributed by atoms with Crippen molar-refractivity contribution in [2.24, 2.45) is 4.99 Å². The number of halogens is 2. The van der Waals surface area contributed by atoms with Crippen LogP contribution < -0.4 is 4.90 Å². The van der Waals surface area contributed by atoms with Gasteiger partial charge in [-0.05, 0) is 42.0 Å². The van der Waals surface area contributed by atoms with Gasteiger partial charge in [-0.25, -0.2) is 0 Å². The van der Waals surface area contributed by atoms with E-state index in [1.54, 1.807) is 36.4 Å². The molecular formula is C22H16Cl2N2O2. The van der Waals surface area contributed by atoms with Crippen molar-refractivity contribution in [2.75, 3.05) is 4.90 Å². The third kappa shape index (κ3) is 3.61. The van der Waals surface area contributed by atoms with Crippen LogP contribution in [0.2, 0.25) is 10.0 Å². The van der Waals surface area contributed by atoms with Crippen LogP contribution in [0.15, 0.2) is 77.8 Å². The first kappa shape index (κ1) is 18.5. The van der Waals surface area contributed by atoms with E-state index in [4.69, 9.17) is 23.2 Å². The quantitative estimate of drug-likeness (QED) is 0.649. The number of benzene rings is 3. The largest absolute Gasteiger partial charge is 0.507 e. The summed E-state index contributed by atoms with van der Waals surface area (Å²) < 4.78 is 0. The number of hydrogen-bond acceptors (Lipinski definition) is 3. The van der Waals surface area contributed by atoms with Crippen LogP contribution in [0.4, 0.5) is 5.69 Å². The van der Waals surface area contributed by atoms with Gasteiger partial charge in [-0.1, -0.05) is 59.6 Å². The highest BCUT2D eigenvalue weighted by molar-refractivity contribution is 6.34. The van der Waals surface area contributed by atoms with E-state index in [-0.39, 0.29) is 11.7 Å². The highest BCUT2D eigenvalue weighted by Crippen LogP contribution is 2.32. The minimum absolute atomic E-state index is 0.00309. The number of aliphatic imine (C=N–C) groups is 1. The monoisotopic (exact) mass is 410 g/mol. The van der Waals surface area contributed by atoms with E-state index in [0.717, 1.165) is 5.56 Å². The summed E-state index contributed by atoms with van der Waals surface area (Å²) in [5, 5.41) is 11.3. The zero-order chi connectivity index (χ0) is 19.7. The molecule has 140 valence electrons. The summed E-state index contributed by atoms with van der Waals surface area (Å²) in [6, 6.07) is 20.8. The van der Waals surface area contributed by atoms with Crippen LogP contribution >= 0.6 is 23.2 Å². The number of rotatable bonds is 4. The molecular weight excluding hydrogens is 395 g/mol. The fourth-order valence-electron chi connectivity index (χ4n) is 3.23. The number of nitrogens with zero attached hydrogens (tertiary/aromatic N) is 2. The maximum absolute atomic E-state index is 13.3. The molecule has 3 aromatic rings. The molecule has 1 atom stereocenters. The number of aromatic hydroxyl groups is 1. The number of phenols is 1. The van der Waals surface area contributed by atoms with E-state index in [1.807, 2.05) is 30.3 Å². The van der Waals surface area contributed by atoms with E-state index in [1.165, 1.54) is 11.0 Å². The minimum Gasteiger partial charge on any atom is -0.507 e. The number of phenolic OH excluding ortho intramolecular Hbond substituents is 1. The second-order valence-corrected chi connectivity index (χ2v) is 7.35. The number of amides is 1. The van der Waals surface area contributed by atoms with Crippen molar-refractivity contribution in [1.29, 1.82) is 0 Å². The van der Waals surface area contributed by atoms with Crippen molar-refractivity contribution in [3.63, 3.8) is 0 Å². The smallest absolute Gasteiger partial charge is 0.257 e. The average molecular weight is 411 g/mol. The van der Waals surface area contributed by atoms with Crippen molar-refractivity contribution in [2.45, 2.75) is 12.5 Å². The molecule has 1 heterocycles. The molecule has 1 aliphatic heterocycles. The molecule has 0 aromatic heterocycles. The lowest BCUT2D eigenvalue weighted by Gasteiger charge is -2.20. The van der Waals surface area contributed by atoms with Crippen molar-refractivity contribution < 1.29 is 9.90 Å². The van der Waals surface area contributed by atoms with Gasteiger partial charge in [0.15, 0.2) is 0 Å². The lowest BCUT2D eigenvalue weighted by Crippen LogP contribution is -2.36. The van der Waals surface area contributed by atoms with Crippen LogP contribution in [0, 0.1) is 0 Å². The third-order valence-electron chi connectivity index (χ3n) is 4.53. The lowest BCUT2D eigenvalue weighted by molar-refractivity contribution is -0.118. The third-order valence-corrected chi connectivity index (χ3v) is 5.00. The zero-order valence-electron chi connectivity index (χ0n) is 14.7. The van der Waals surface area contributed by atoms with Gasteiger partial charge in [-0.2, -0.15) is 0 Å². The minimum atomic E-state index is -0.602. The fourth-order valence-corrected chi connectivity index (χ4v) is 3.58. The lowest BCUT2D eigenvalue weighted by atomic mass is 10.1. The normalized spacial score (nSPS) is 16.4. The van der Waals surface area contributed by atoms with Gasteiger partial charge in [0, 0.05) is 16.5 Å². The van der Waals surface area contributed by atoms with Crippen LogP contribution in [0.5, 0.6) is 5.75 Å². The molecule has 0 radical (unpaired) electrons. The molecule has 1 N–H and O–H groups in total. The molecule has 1 unspecified atom stereocenters. The van der Waals surface area contributed by atoms with Gasteiger partial charge in [0.05, 0.1) is 11.3 Å². The van der Waals surface area contributed by atoms with E-state index in [9.17, 15) is 9.90 Å². The topological polar surface area (TPSA) is 52.9 Å². The summed E-state index contributed by atoms with van der Waals surface area (Å²) in [6.07, 6.45) is 0.460. The van der Waals surface area contributed by atoms with E-state index >= 15 is 0 Å². The standard InChI is InChI=1S/C22H16Cl2N2O2/c23-15-7-4-8-17(12-15)26-21(18-13-16(24)9-10-20(18)27)25-19(22(26)28)11-14-5-2-1-3-6-14/h1-10,12-13,19,27H,11H2. The van der Waals surface area contributed by atoms with Gasteiger partial charge in [0.1, 0.15) is 17.6 Å². The Labute approximate surface area is 172 Å². The molecule has 3 aromatic carbocycles. The van der Waals surface area contributed by atoms with E-state index in [0.29, 0.717) is 33.6 Å². The Morgan fingerprint density at radius 1 is 0.929 bits per heavy atom. The molecule has 1 aliphatic rings. The summed E-state index contributed by atoms with van der Waals surface area (Å²) in [4.78, 5) is 19.4. The number of carbonyl (C=O) groups is 1. The van der Waals surface area contributed by atoms with Crippen molar-refractivity contribution >= 4 is 40.6 Å². The first-order valence-corrected chi connectivity index (χ1v) is 9.48. The van der Waals surface area contributed by atoms with Crippen LogP contribution in [0.3, 0.4) is 0 Å². The molecule has 0 bridgehead atoms. The molecule has 0 saturated heterocycles. The van der Waals surface area contributed by atoms with Gasteiger partial charge in [0.25, 0.3) is 5.91 Å². The Bertz CT molecular complexity index is 1070. The average Bonchev–Trinajstić information content (AvgIpc) is 3.00. The highest BCUT2D eigenvalue weighted by atomic mass is 35.5. The van der Waals surface area contributed by atoms with Gasteiger partial charge in [0.2, 0.25) is 0 Å². The Hall–Kier alpha value is -2.82. The molecule has 4 rings (SSSR count). The van der Waals surface area contributed by atoms with Crippen molar-refractivity contribution in [3.8, 4) is 5.75 Å². The Morgan fingerprint density at radius 2 is 1.68 bits per heavy atom. The maximum atomic E-state index is 13.3. The Kier molecular flexibility index (Phi) is 5.07. The molecule has 4 nitrogen and oxygen atoms in total. The molecule has 0 spiro atoms. The molecule has 28 heavy (non-hydrogen) atoms. The number of hydrogen-bond donors (Lipinski definition) is 1. The molecule has 1 amide bonds. The molecule has 0 aliphatic carbocycles. The summed E-state index contributed by atoms with van der Waals surface area (Å²) in [6.45, 7) is 0. The number of amidine groups is 1. The number of carbonyl (C=O) groups excluding carboxylic acids is 1. The van der Waals surface area contributed by atoms with Crippen LogP contribution in [0.1, 0.15) is 11.1 Å². The second-order valence-electron chi connectivity index (χ2n) is 6.47. The fraction of sp³-hybridized carbons (Fsp3) is 0.0909. The molecule has 0 saturated carbocycles. The predicted octanol–water partition coefficient (Wildman–Crippen LogP) is 5.10. The first-order chi connectivity index (χ1) is 13.5. The van der Waals surface area contributed by atoms with E-state index in [2.05, 4.69) is 4.99 Å². The van der Waals surface area contributed by atoms with Crippen LogP contribution in [-0.4, -0.2) is 22.9 Å². The summed E-state index contributed by atoms with van der Waals surface area (Å²) in [5.74, 6) is 0.178. The maximum Gasteiger partial charge on any atom is 0.257 e. The number of anilines is 1. The second kappa shape index (κ2) is 7.66. The summed E-state index contributed by atoms with van der Waals surface area (Å²) in [7, 11) is 0. The zero-order valence-corrected chi connectivity index (χ0v) is 16.2. The Morgan fingerprint density at radius 3 is 2.43 bits per heavy atom. The van der Waals surface area contributed by atoms with Crippen molar-refractivity contribution in [1.82, 2.24) is 0 Å². The Balaban J connectivity index is 1.80. The van der Waals surface area contributed by atoms with Gasteiger partial charge in [-0.15, -0.1) is 0 Å². The molecule has 0 fully saturated rings. The summed E-state index contributed by atoms with van der Waals surface area (Å²) in [5.41, 5.74) is 2.00. The SMILES string of the molecule is O=C1C(Cc2ccccc2)N=C(c2cc(Cl)ccc2O)N1c1cccc(Cl)c1. The first-order valence-electron chi connectivity index (χ1n) is 8.73. The van der Waals surface area contributed by atoms with Crippen LogP contribution in [0.25, 0.3) is 0 Å². The van der Waals surface area contributed by atoms with Crippen LogP contribution in [-0.2, 0) is 11.2 Å². The van der Waals surface area contributed by atoms with Gasteiger partial charge in [-0.3, -0.25) is 14.7 Å². The highest BCUT2D eigenvalue weighted by Gasteiger charge is 2.37. The van der Waals surface area contributed by atoms with E-state index < -0.39 is 6.04 Å². The predicted molar refractivity (Wildman–Crippen MR) is 113 cm³/mol. The van der Waals surface area contributed by atoms with Crippen molar-refractivity contribution in [3.05, 3.63) is 94.0 Å². The summed E-state index contributed by atoms with van der Waals surface area (Å²) >= 11 is 12.3. The molecule has 6 heteroatoms. The van der Waals surface area contributed by atoms with Gasteiger partial charge < -0.3 is 5.11 Å². The van der Waals surface area contributed by atoms with Gasteiger partial charge >= 0.3 is 0 Å².